The molecule has 0 spiro atoms. The molecule has 0 unspecified atom stereocenters. The molecular formula is C12H15BrN2. The van der Waals surface area contributed by atoms with E-state index in [0.717, 1.165) is 6.54 Å². The minimum atomic E-state index is 0.503. The van der Waals surface area contributed by atoms with Crippen molar-refractivity contribution >= 4 is 26.8 Å². The lowest BCUT2D eigenvalue weighted by atomic mass is 10.2. The monoisotopic (exact) mass is 266 g/mol. The highest BCUT2D eigenvalue weighted by Crippen LogP contribution is 2.27. The Labute approximate surface area is 98.2 Å². The van der Waals surface area contributed by atoms with Crippen LogP contribution in [-0.2, 0) is 6.54 Å². The molecule has 1 heterocycles. The smallest absolute Gasteiger partial charge is 0.0474 e. The lowest BCUT2D eigenvalue weighted by molar-refractivity contribution is 0.582. The van der Waals surface area contributed by atoms with Crippen molar-refractivity contribution in [2.45, 2.75) is 26.4 Å². The lowest BCUT2D eigenvalue weighted by Gasteiger charge is -2.06. The SMILES string of the molecule is CC(C)NCc1[nH]c2ccccc2c1Br. The highest BCUT2D eigenvalue weighted by Gasteiger charge is 2.07. The highest BCUT2D eigenvalue weighted by molar-refractivity contribution is 9.10. The van der Waals surface area contributed by atoms with Gasteiger partial charge in [0.15, 0.2) is 0 Å². The van der Waals surface area contributed by atoms with Gasteiger partial charge in [0, 0.05) is 33.7 Å². The van der Waals surface area contributed by atoms with E-state index in [9.17, 15) is 0 Å². The maximum Gasteiger partial charge on any atom is 0.0474 e. The van der Waals surface area contributed by atoms with Crippen LogP contribution >= 0.6 is 15.9 Å². The summed E-state index contributed by atoms with van der Waals surface area (Å²) in [5, 5.41) is 4.65. The molecule has 0 saturated heterocycles. The van der Waals surface area contributed by atoms with Gasteiger partial charge in [0.05, 0.1) is 0 Å². The highest BCUT2D eigenvalue weighted by atomic mass is 79.9. The number of rotatable bonds is 3. The van der Waals surface area contributed by atoms with Crippen LogP contribution in [0.5, 0.6) is 0 Å². The van der Waals surface area contributed by atoms with E-state index in [-0.39, 0.29) is 0 Å². The summed E-state index contributed by atoms with van der Waals surface area (Å²) >= 11 is 3.63. The van der Waals surface area contributed by atoms with Crippen molar-refractivity contribution < 1.29 is 0 Å². The van der Waals surface area contributed by atoms with Crippen molar-refractivity contribution in [3.63, 3.8) is 0 Å². The number of fused-ring (bicyclic) bond motifs is 1. The second-order valence-electron chi connectivity index (χ2n) is 4.00. The first-order valence-electron chi connectivity index (χ1n) is 5.17. The first kappa shape index (κ1) is 10.7. The molecule has 0 aliphatic carbocycles. The second-order valence-corrected chi connectivity index (χ2v) is 4.79. The Kier molecular flexibility index (Phi) is 3.12. The molecule has 0 aliphatic rings. The summed E-state index contributed by atoms with van der Waals surface area (Å²) in [6.45, 7) is 5.17. The van der Waals surface area contributed by atoms with Crippen LogP contribution in [0.1, 0.15) is 19.5 Å². The van der Waals surface area contributed by atoms with E-state index in [1.54, 1.807) is 0 Å². The minimum absolute atomic E-state index is 0.503. The molecule has 2 N–H and O–H groups in total. The largest absolute Gasteiger partial charge is 0.356 e. The fourth-order valence-electron chi connectivity index (χ4n) is 1.59. The topological polar surface area (TPSA) is 27.8 Å². The predicted molar refractivity (Wildman–Crippen MR) is 68.0 cm³/mol. The van der Waals surface area contributed by atoms with Gasteiger partial charge in [-0.25, -0.2) is 0 Å². The Morgan fingerprint density at radius 2 is 2.07 bits per heavy atom. The molecule has 0 amide bonds. The summed E-state index contributed by atoms with van der Waals surface area (Å²) < 4.78 is 1.17. The first-order chi connectivity index (χ1) is 7.18. The van der Waals surface area contributed by atoms with Crippen molar-refractivity contribution in [1.82, 2.24) is 10.3 Å². The third-order valence-corrected chi connectivity index (χ3v) is 3.31. The van der Waals surface area contributed by atoms with E-state index in [2.05, 4.69) is 58.3 Å². The van der Waals surface area contributed by atoms with E-state index in [1.165, 1.54) is 21.1 Å². The average Bonchev–Trinajstić information content (AvgIpc) is 2.54. The van der Waals surface area contributed by atoms with Crippen molar-refractivity contribution in [2.24, 2.45) is 0 Å². The second kappa shape index (κ2) is 4.37. The average molecular weight is 267 g/mol. The Balaban J connectivity index is 2.32. The molecule has 1 aromatic heterocycles. The van der Waals surface area contributed by atoms with Gasteiger partial charge in [-0.3, -0.25) is 0 Å². The molecule has 0 fully saturated rings. The van der Waals surface area contributed by atoms with Crippen LogP contribution in [0.25, 0.3) is 10.9 Å². The molecule has 2 rings (SSSR count). The first-order valence-corrected chi connectivity index (χ1v) is 5.96. The number of benzene rings is 1. The van der Waals surface area contributed by atoms with Crippen LogP contribution in [-0.4, -0.2) is 11.0 Å². The molecule has 0 atom stereocenters. The maximum absolute atomic E-state index is 3.63. The molecular weight excluding hydrogens is 252 g/mol. The fourth-order valence-corrected chi connectivity index (χ4v) is 2.18. The van der Waals surface area contributed by atoms with Gasteiger partial charge >= 0.3 is 0 Å². The zero-order chi connectivity index (χ0) is 10.8. The Bertz CT molecular complexity index is 460. The zero-order valence-corrected chi connectivity index (χ0v) is 10.6. The van der Waals surface area contributed by atoms with Crippen LogP contribution in [0.2, 0.25) is 0 Å². The third kappa shape index (κ3) is 2.24. The van der Waals surface area contributed by atoms with Gasteiger partial charge < -0.3 is 10.3 Å². The van der Waals surface area contributed by atoms with Gasteiger partial charge in [0.25, 0.3) is 0 Å². The molecule has 80 valence electrons. The van der Waals surface area contributed by atoms with E-state index >= 15 is 0 Å². The number of aromatic nitrogens is 1. The van der Waals surface area contributed by atoms with Crippen molar-refractivity contribution in [2.75, 3.05) is 0 Å². The summed E-state index contributed by atoms with van der Waals surface area (Å²) in [5.74, 6) is 0. The Morgan fingerprint density at radius 3 is 2.73 bits per heavy atom. The van der Waals surface area contributed by atoms with Crippen LogP contribution in [0, 0.1) is 0 Å². The van der Waals surface area contributed by atoms with Gasteiger partial charge in [-0.15, -0.1) is 0 Å². The summed E-state index contributed by atoms with van der Waals surface area (Å²) in [6, 6.07) is 8.82. The third-order valence-electron chi connectivity index (χ3n) is 2.40. The van der Waals surface area contributed by atoms with E-state index in [4.69, 9.17) is 0 Å². The Hall–Kier alpha value is -0.800. The number of hydrogen-bond acceptors (Lipinski definition) is 1. The molecule has 0 saturated carbocycles. The fraction of sp³-hybridized carbons (Fsp3) is 0.333. The van der Waals surface area contributed by atoms with Gasteiger partial charge in [0.1, 0.15) is 0 Å². The maximum atomic E-state index is 3.63. The lowest BCUT2D eigenvalue weighted by Crippen LogP contribution is -2.22. The normalized spacial score (nSPS) is 11.5. The number of hydrogen-bond donors (Lipinski definition) is 2. The number of aromatic amines is 1. The summed E-state index contributed by atoms with van der Waals surface area (Å²) in [6.07, 6.45) is 0. The summed E-state index contributed by atoms with van der Waals surface area (Å²) in [7, 11) is 0. The van der Waals surface area contributed by atoms with Gasteiger partial charge in [-0.2, -0.15) is 0 Å². The predicted octanol–water partition coefficient (Wildman–Crippen LogP) is 3.43. The van der Waals surface area contributed by atoms with E-state index < -0.39 is 0 Å². The number of nitrogens with one attached hydrogen (secondary N) is 2. The van der Waals surface area contributed by atoms with E-state index in [0.29, 0.717) is 6.04 Å². The quantitative estimate of drug-likeness (QED) is 0.876. The van der Waals surface area contributed by atoms with Crippen LogP contribution in [0.15, 0.2) is 28.7 Å². The zero-order valence-electron chi connectivity index (χ0n) is 8.97. The molecule has 2 aromatic rings. The summed E-state index contributed by atoms with van der Waals surface area (Å²) in [4.78, 5) is 3.41. The van der Waals surface area contributed by atoms with Crippen molar-refractivity contribution in [3.8, 4) is 0 Å². The van der Waals surface area contributed by atoms with Gasteiger partial charge in [-0.1, -0.05) is 32.0 Å². The number of H-pyrrole nitrogens is 1. The molecule has 0 radical (unpaired) electrons. The van der Waals surface area contributed by atoms with Gasteiger partial charge in [-0.05, 0) is 22.0 Å². The van der Waals surface area contributed by atoms with Crippen molar-refractivity contribution in [3.05, 3.63) is 34.4 Å². The number of halogens is 1. The van der Waals surface area contributed by atoms with E-state index in [1.807, 2.05) is 6.07 Å². The van der Waals surface area contributed by atoms with Gasteiger partial charge in [0.2, 0.25) is 0 Å². The Morgan fingerprint density at radius 1 is 1.33 bits per heavy atom. The number of para-hydroxylation sites is 1. The molecule has 0 bridgehead atoms. The molecule has 1 aromatic carbocycles. The summed E-state index contributed by atoms with van der Waals surface area (Å²) in [5.41, 5.74) is 2.40. The molecule has 15 heavy (non-hydrogen) atoms. The van der Waals surface area contributed by atoms with Crippen LogP contribution in [0.3, 0.4) is 0 Å². The van der Waals surface area contributed by atoms with Crippen molar-refractivity contribution in [1.29, 1.82) is 0 Å². The molecule has 3 heteroatoms. The molecule has 2 nitrogen and oxygen atoms in total. The minimum Gasteiger partial charge on any atom is -0.356 e. The van der Waals surface area contributed by atoms with Crippen LogP contribution in [0.4, 0.5) is 0 Å². The van der Waals surface area contributed by atoms with Crippen LogP contribution < -0.4 is 5.32 Å². The molecule has 0 aliphatic heterocycles. The standard InChI is InChI=1S/C12H15BrN2/c1-8(2)14-7-11-12(13)9-5-3-4-6-10(9)15-11/h3-6,8,14-15H,7H2,1-2H3.